The number of hydrogen-bond acceptors (Lipinski definition) is 6. The van der Waals surface area contributed by atoms with Crippen molar-refractivity contribution in [2.45, 2.75) is 6.54 Å². The first kappa shape index (κ1) is 20.5. The van der Waals surface area contributed by atoms with Crippen LogP contribution in [0.3, 0.4) is 0 Å². The Labute approximate surface area is 164 Å². The fourth-order valence-corrected chi connectivity index (χ4v) is 2.47. The number of amides is 1. The molecule has 0 aliphatic carbocycles. The Balaban J connectivity index is 1.98. The number of non-ortho nitro benzene ring substituents is 1. The van der Waals surface area contributed by atoms with Crippen molar-refractivity contribution in [3.63, 3.8) is 0 Å². The van der Waals surface area contributed by atoms with E-state index in [0.29, 0.717) is 10.0 Å². The lowest BCUT2D eigenvalue weighted by Gasteiger charge is -2.17. The Bertz CT molecular complexity index is 904. The average molecular weight is 412 g/mol. The van der Waals surface area contributed by atoms with E-state index in [2.05, 4.69) is 0 Å². The largest absolute Gasteiger partial charge is 0.452 e. The summed E-state index contributed by atoms with van der Waals surface area (Å²) in [6.45, 7) is -0.314. The summed E-state index contributed by atoms with van der Waals surface area (Å²) in [7, 11) is 1.53. The summed E-state index contributed by atoms with van der Waals surface area (Å²) in [4.78, 5) is 35.7. The molecule has 0 saturated heterocycles. The van der Waals surface area contributed by atoms with Gasteiger partial charge >= 0.3 is 5.97 Å². The van der Waals surface area contributed by atoms with E-state index in [4.69, 9.17) is 33.7 Å². The van der Waals surface area contributed by atoms with Crippen molar-refractivity contribution in [2.24, 2.45) is 0 Å². The van der Waals surface area contributed by atoms with Gasteiger partial charge in [-0.05, 0) is 23.8 Å². The van der Waals surface area contributed by atoms with E-state index in [1.807, 2.05) is 0 Å². The Kier molecular flexibility index (Phi) is 6.59. The van der Waals surface area contributed by atoms with E-state index in [1.54, 1.807) is 18.2 Å². The van der Waals surface area contributed by atoms with Gasteiger partial charge < -0.3 is 15.4 Å². The number of nitrogens with two attached hydrogens (primary N) is 1. The smallest absolute Gasteiger partial charge is 0.341 e. The van der Waals surface area contributed by atoms with Gasteiger partial charge in [0.05, 0.1) is 20.5 Å². The molecule has 1 amide bonds. The van der Waals surface area contributed by atoms with Gasteiger partial charge in [0.1, 0.15) is 0 Å². The number of benzene rings is 2. The minimum atomic E-state index is -0.924. The maximum absolute atomic E-state index is 12.1. The number of carbonyl (C=O) groups excluding carboxylic acids is 2. The normalized spacial score (nSPS) is 10.3. The second-order valence-electron chi connectivity index (χ2n) is 5.60. The van der Waals surface area contributed by atoms with Crippen LogP contribution in [0.1, 0.15) is 15.9 Å². The highest BCUT2D eigenvalue weighted by Crippen LogP contribution is 2.23. The van der Waals surface area contributed by atoms with Crippen LogP contribution in [0.25, 0.3) is 0 Å². The molecule has 10 heteroatoms. The molecule has 0 saturated carbocycles. The minimum absolute atomic E-state index is 0.0159. The minimum Gasteiger partial charge on any atom is -0.452 e. The topological polar surface area (TPSA) is 116 Å². The molecule has 0 radical (unpaired) electrons. The van der Waals surface area contributed by atoms with Crippen molar-refractivity contribution in [1.29, 1.82) is 0 Å². The Hall–Kier alpha value is -2.84. The quantitative estimate of drug-likeness (QED) is 0.337. The Morgan fingerprint density at radius 1 is 1.19 bits per heavy atom. The van der Waals surface area contributed by atoms with Gasteiger partial charge in [0.2, 0.25) is 0 Å². The van der Waals surface area contributed by atoms with Crippen molar-refractivity contribution < 1.29 is 19.2 Å². The van der Waals surface area contributed by atoms with Crippen LogP contribution in [0.2, 0.25) is 10.0 Å². The number of nitrogen functional groups attached to an aromatic ring is 1. The third-order valence-electron chi connectivity index (χ3n) is 3.62. The molecule has 0 spiro atoms. The maximum atomic E-state index is 12.1. The van der Waals surface area contributed by atoms with E-state index in [1.165, 1.54) is 24.1 Å². The molecule has 2 aromatic carbocycles. The van der Waals surface area contributed by atoms with E-state index >= 15 is 0 Å². The van der Waals surface area contributed by atoms with Crippen LogP contribution < -0.4 is 5.73 Å². The van der Waals surface area contributed by atoms with Crippen molar-refractivity contribution in [3.8, 4) is 0 Å². The predicted octanol–water partition coefficient (Wildman–Crippen LogP) is 3.30. The number of nitro groups is 1. The fourth-order valence-electron chi connectivity index (χ4n) is 2.15. The summed E-state index contributed by atoms with van der Waals surface area (Å²) >= 11 is 11.8. The van der Waals surface area contributed by atoms with Crippen LogP contribution >= 0.6 is 23.2 Å². The zero-order chi connectivity index (χ0) is 20.1. The number of likely N-dealkylation sites (N-methyl/N-ethyl adjacent to an activating group) is 1. The van der Waals surface area contributed by atoms with Gasteiger partial charge in [-0.3, -0.25) is 14.9 Å². The van der Waals surface area contributed by atoms with Gasteiger partial charge in [-0.2, -0.15) is 0 Å². The molecular formula is C17H15Cl2N3O5. The maximum Gasteiger partial charge on any atom is 0.341 e. The summed E-state index contributed by atoms with van der Waals surface area (Å²) in [5, 5.41) is 11.6. The van der Waals surface area contributed by atoms with Crippen LogP contribution in [0, 0.1) is 10.1 Å². The number of halogens is 2. The van der Waals surface area contributed by atoms with Crippen LogP contribution in [0.15, 0.2) is 36.4 Å². The first-order chi connectivity index (χ1) is 12.7. The van der Waals surface area contributed by atoms with Gasteiger partial charge in [0.15, 0.2) is 6.61 Å². The Morgan fingerprint density at radius 2 is 1.89 bits per heavy atom. The molecule has 0 unspecified atom stereocenters. The van der Waals surface area contributed by atoms with Crippen molar-refractivity contribution in [3.05, 3.63) is 67.7 Å². The van der Waals surface area contributed by atoms with Crippen LogP contribution in [-0.4, -0.2) is 35.4 Å². The second-order valence-corrected chi connectivity index (χ2v) is 6.42. The van der Waals surface area contributed by atoms with E-state index < -0.39 is 23.4 Å². The number of rotatable bonds is 6. The highest BCUT2D eigenvalue weighted by molar-refractivity contribution is 6.42. The third-order valence-corrected chi connectivity index (χ3v) is 4.36. The molecule has 0 fully saturated rings. The summed E-state index contributed by atoms with van der Waals surface area (Å²) in [5.74, 6) is -1.40. The summed E-state index contributed by atoms with van der Waals surface area (Å²) < 4.78 is 4.93. The van der Waals surface area contributed by atoms with Crippen molar-refractivity contribution in [1.82, 2.24) is 4.90 Å². The molecule has 0 aromatic heterocycles. The van der Waals surface area contributed by atoms with Crippen LogP contribution in [0.5, 0.6) is 0 Å². The molecule has 0 aliphatic rings. The standard InChI is InChI=1S/C17H15Cl2N3O5/c1-21(8-10-2-4-13(18)14(19)6-10)16(23)9-27-17(24)12-7-11(22(25)26)3-5-15(12)20/h2-7H,8-9,20H2,1H3. The first-order valence-corrected chi connectivity index (χ1v) is 8.33. The number of hydrogen-bond donors (Lipinski definition) is 1. The van der Waals surface area contributed by atoms with E-state index in [-0.39, 0.29) is 23.5 Å². The predicted molar refractivity (Wildman–Crippen MR) is 101 cm³/mol. The van der Waals surface area contributed by atoms with Crippen molar-refractivity contribution >= 4 is 46.5 Å². The number of ether oxygens (including phenoxy) is 1. The van der Waals surface area contributed by atoms with Gasteiger partial charge in [0.25, 0.3) is 11.6 Å². The first-order valence-electron chi connectivity index (χ1n) is 7.58. The second kappa shape index (κ2) is 8.70. The molecule has 2 N–H and O–H groups in total. The van der Waals surface area contributed by atoms with Gasteiger partial charge in [-0.15, -0.1) is 0 Å². The van der Waals surface area contributed by atoms with Gasteiger partial charge in [0, 0.05) is 31.4 Å². The molecule has 2 rings (SSSR count). The van der Waals surface area contributed by atoms with Gasteiger partial charge in [-0.25, -0.2) is 4.79 Å². The van der Waals surface area contributed by atoms with E-state index in [9.17, 15) is 19.7 Å². The lowest BCUT2D eigenvalue weighted by molar-refractivity contribution is -0.384. The summed E-state index contributed by atoms with van der Waals surface area (Å²) in [5.41, 5.74) is 5.92. The van der Waals surface area contributed by atoms with Crippen LogP contribution in [0.4, 0.5) is 11.4 Å². The molecule has 0 aliphatic heterocycles. The molecule has 0 atom stereocenters. The molecule has 142 valence electrons. The Morgan fingerprint density at radius 3 is 2.52 bits per heavy atom. The molecule has 8 nitrogen and oxygen atoms in total. The number of anilines is 1. The molecule has 27 heavy (non-hydrogen) atoms. The SMILES string of the molecule is CN(Cc1ccc(Cl)c(Cl)c1)C(=O)COC(=O)c1cc([N+](=O)[O-])ccc1N. The number of nitrogens with zero attached hydrogens (tertiary/aromatic N) is 2. The molecule has 0 heterocycles. The molecule has 0 bridgehead atoms. The molecule has 2 aromatic rings. The van der Waals surface area contributed by atoms with Crippen LogP contribution in [-0.2, 0) is 16.1 Å². The number of carbonyl (C=O) groups is 2. The monoisotopic (exact) mass is 411 g/mol. The number of nitro benzene ring substituents is 1. The zero-order valence-corrected chi connectivity index (χ0v) is 15.7. The zero-order valence-electron chi connectivity index (χ0n) is 14.1. The molecular weight excluding hydrogens is 397 g/mol. The van der Waals surface area contributed by atoms with Gasteiger partial charge in [-0.1, -0.05) is 29.3 Å². The fraction of sp³-hybridized carbons (Fsp3) is 0.176. The summed E-state index contributed by atoms with van der Waals surface area (Å²) in [6.07, 6.45) is 0. The van der Waals surface area contributed by atoms with Crippen molar-refractivity contribution in [2.75, 3.05) is 19.4 Å². The van der Waals surface area contributed by atoms with E-state index in [0.717, 1.165) is 11.6 Å². The average Bonchev–Trinajstić information content (AvgIpc) is 2.62. The lowest BCUT2D eigenvalue weighted by atomic mass is 10.1. The summed E-state index contributed by atoms with van der Waals surface area (Å²) in [6, 6.07) is 8.36. The number of esters is 1. The lowest BCUT2D eigenvalue weighted by Crippen LogP contribution is -2.31. The highest BCUT2D eigenvalue weighted by atomic mass is 35.5. The highest BCUT2D eigenvalue weighted by Gasteiger charge is 2.19. The third kappa shape index (κ3) is 5.32.